The number of rotatable bonds is 6. The van der Waals surface area contributed by atoms with E-state index in [0.717, 1.165) is 11.3 Å². The second-order valence-electron chi connectivity index (χ2n) is 3.48. The first-order valence-corrected chi connectivity index (χ1v) is 6.02. The van der Waals surface area contributed by atoms with Crippen molar-refractivity contribution in [2.45, 2.75) is 0 Å². The average Bonchev–Trinajstić information content (AvgIpc) is 2.45. The van der Waals surface area contributed by atoms with Crippen LogP contribution in [0.3, 0.4) is 0 Å². The topological polar surface area (TPSA) is 54.9 Å². The van der Waals surface area contributed by atoms with Gasteiger partial charge in [0.15, 0.2) is 5.11 Å². The minimum atomic E-state index is 0.434. The van der Waals surface area contributed by atoms with Crippen LogP contribution in [0.25, 0.3) is 0 Å². The summed E-state index contributed by atoms with van der Waals surface area (Å²) in [7, 11) is 3.20. The molecule has 1 rings (SSSR count). The third-order valence-electron chi connectivity index (χ3n) is 2.22. The highest BCUT2D eigenvalue weighted by molar-refractivity contribution is 7.80. The number of hydrazone groups is 1. The lowest BCUT2D eigenvalue weighted by Crippen LogP contribution is -2.31. The zero-order chi connectivity index (χ0) is 14.1. The van der Waals surface area contributed by atoms with Crippen LogP contribution in [0, 0.1) is 0 Å². The summed E-state index contributed by atoms with van der Waals surface area (Å²) in [5.41, 5.74) is 3.52. The molecule has 0 aliphatic carbocycles. The Bertz CT molecular complexity index is 475. The standard InChI is InChI=1S/C13H17N3O2S/c1-4-7-14-13(19)16-15-9-10-5-6-11(17-2)8-12(10)18-3/h4-6,8-9H,1,7H2,2-3H3,(H2,14,16,19)/b15-9-. The Balaban J connectivity index is 2.65. The highest BCUT2D eigenvalue weighted by Crippen LogP contribution is 2.22. The first-order valence-electron chi connectivity index (χ1n) is 5.61. The molecule has 0 aromatic heterocycles. The number of nitrogens with zero attached hydrogens (tertiary/aromatic N) is 1. The smallest absolute Gasteiger partial charge is 0.187 e. The summed E-state index contributed by atoms with van der Waals surface area (Å²) >= 11 is 5.00. The van der Waals surface area contributed by atoms with Gasteiger partial charge in [-0.05, 0) is 24.4 Å². The molecule has 2 N–H and O–H groups in total. The van der Waals surface area contributed by atoms with Crippen LogP contribution in [0.5, 0.6) is 11.5 Å². The van der Waals surface area contributed by atoms with Gasteiger partial charge in [0, 0.05) is 18.2 Å². The Labute approximate surface area is 118 Å². The molecule has 0 radical (unpaired) electrons. The van der Waals surface area contributed by atoms with Crippen molar-refractivity contribution in [2.24, 2.45) is 5.10 Å². The predicted molar refractivity (Wildman–Crippen MR) is 81.1 cm³/mol. The van der Waals surface area contributed by atoms with Gasteiger partial charge in [0.05, 0.1) is 20.4 Å². The maximum Gasteiger partial charge on any atom is 0.187 e. The molecule has 1 aromatic rings. The molecule has 102 valence electrons. The lowest BCUT2D eigenvalue weighted by Gasteiger charge is -2.07. The number of methoxy groups -OCH3 is 2. The average molecular weight is 279 g/mol. The molecule has 5 nitrogen and oxygen atoms in total. The van der Waals surface area contributed by atoms with Crippen LogP contribution in [0.4, 0.5) is 0 Å². The molecule has 0 amide bonds. The molecule has 0 unspecified atom stereocenters. The van der Waals surface area contributed by atoms with E-state index in [1.165, 1.54) is 0 Å². The van der Waals surface area contributed by atoms with Crippen LogP contribution >= 0.6 is 12.2 Å². The van der Waals surface area contributed by atoms with Gasteiger partial charge in [0.2, 0.25) is 0 Å². The fraction of sp³-hybridized carbons (Fsp3) is 0.231. The highest BCUT2D eigenvalue weighted by atomic mass is 32.1. The molecule has 0 fully saturated rings. The van der Waals surface area contributed by atoms with Gasteiger partial charge in [0.1, 0.15) is 11.5 Å². The summed E-state index contributed by atoms with van der Waals surface area (Å²) in [5, 5.41) is 7.36. The Morgan fingerprint density at radius 3 is 2.84 bits per heavy atom. The first-order chi connectivity index (χ1) is 9.21. The molecule has 0 atom stereocenters. The van der Waals surface area contributed by atoms with Crippen LogP contribution in [0.15, 0.2) is 36.0 Å². The first kappa shape index (κ1) is 15.0. The second kappa shape index (κ2) is 8.10. The number of hydrogen-bond donors (Lipinski definition) is 2. The maximum atomic E-state index is 5.25. The third kappa shape index (κ3) is 4.97. The zero-order valence-electron chi connectivity index (χ0n) is 11.0. The summed E-state index contributed by atoms with van der Waals surface area (Å²) < 4.78 is 10.4. The Kier molecular flexibility index (Phi) is 6.38. The number of benzene rings is 1. The van der Waals surface area contributed by atoms with Gasteiger partial charge < -0.3 is 14.8 Å². The predicted octanol–water partition coefficient (Wildman–Crippen LogP) is 1.69. The van der Waals surface area contributed by atoms with Gasteiger partial charge in [-0.2, -0.15) is 5.10 Å². The summed E-state index contributed by atoms with van der Waals surface area (Å²) in [6.45, 7) is 4.17. The van der Waals surface area contributed by atoms with Gasteiger partial charge in [-0.15, -0.1) is 6.58 Å². The number of nitrogens with one attached hydrogen (secondary N) is 2. The highest BCUT2D eigenvalue weighted by Gasteiger charge is 2.02. The minimum Gasteiger partial charge on any atom is -0.497 e. The quantitative estimate of drug-likeness (QED) is 0.359. The molecule has 0 spiro atoms. The van der Waals surface area contributed by atoms with E-state index in [1.54, 1.807) is 32.6 Å². The summed E-state index contributed by atoms with van der Waals surface area (Å²) in [5.74, 6) is 1.40. The van der Waals surface area contributed by atoms with Crippen molar-refractivity contribution in [1.82, 2.24) is 10.7 Å². The number of hydrogen-bond acceptors (Lipinski definition) is 4. The van der Waals surface area contributed by atoms with Gasteiger partial charge >= 0.3 is 0 Å². The zero-order valence-corrected chi connectivity index (χ0v) is 11.8. The lowest BCUT2D eigenvalue weighted by atomic mass is 10.2. The van der Waals surface area contributed by atoms with Crippen LogP contribution in [-0.2, 0) is 0 Å². The van der Waals surface area contributed by atoms with Gasteiger partial charge in [-0.25, -0.2) is 0 Å². The van der Waals surface area contributed by atoms with Crippen molar-refractivity contribution < 1.29 is 9.47 Å². The van der Waals surface area contributed by atoms with Crippen LogP contribution < -0.4 is 20.2 Å². The van der Waals surface area contributed by atoms with Gasteiger partial charge in [-0.1, -0.05) is 6.08 Å². The molecule has 1 aromatic carbocycles. The van der Waals surface area contributed by atoms with Gasteiger partial charge in [-0.3, -0.25) is 5.43 Å². The summed E-state index contributed by atoms with van der Waals surface area (Å²) in [4.78, 5) is 0. The van der Waals surface area contributed by atoms with Crippen molar-refractivity contribution in [1.29, 1.82) is 0 Å². The monoisotopic (exact) mass is 279 g/mol. The Morgan fingerprint density at radius 1 is 1.42 bits per heavy atom. The van der Waals surface area contributed by atoms with Crippen molar-refractivity contribution >= 4 is 23.5 Å². The van der Waals surface area contributed by atoms with Gasteiger partial charge in [0.25, 0.3) is 0 Å². The molecule has 0 aliphatic rings. The molecule has 0 saturated heterocycles. The van der Waals surface area contributed by atoms with Crippen molar-refractivity contribution in [2.75, 3.05) is 20.8 Å². The molecular formula is C13H17N3O2S. The fourth-order valence-electron chi connectivity index (χ4n) is 1.29. The van der Waals surface area contributed by atoms with Crippen LogP contribution in [0.2, 0.25) is 0 Å². The second-order valence-corrected chi connectivity index (χ2v) is 3.88. The molecule has 0 saturated carbocycles. The van der Waals surface area contributed by atoms with Crippen LogP contribution in [-0.4, -0.2) is 32.1 Å². The van der Waals surface area contributed by atoms with Crippen molar-refractivity contribution in [3.8, 4) is 11.5 Å². The lowest BCUT2D eigenvalue weighted by molar-refractivity contribution is 0.394. The number of ether oxygens (including phenoxy) is 2. The largest absolute Gasteiger partial charge is 0.497 e. The Hall–Kier alpha value is -2.08. The molecular weight excluding hydrogens is 262 g/mol. The van der Waals surface area contributed by atoms with Crippen molar-refractivity contribution in [3.63, 3.8) is 0 Å². The summed E-state index contributed by atoms with van der Waals surface area (Å²) in [6, 6.07) is 5.47. The fourth-order valence-corrected chi connectivity index (χ4v) is 1.43. The van der Waals surface area contributed by atoms with E-state index >= 15 is 0 Å². The SMILES string of the molecule is C=CCNC(=S)N/N=C\c1ccc(OC)cc1OC. The van der Waals surface area contributed by atoms with Crippen LogP contribution in [0.1, 0.15) is 5.56 Å². The molecule has 0 bridgehead atoms. The third-order valence-corrected chi connectivity index (χ3v) is 2.45. The molecule has 6 heteroatoms. The van der Waals surface area contributed by atoms with E-state index in [9.17, 15) is 0 Å². The number of thiocarbonyl (C=S) groups is 1. The normalized spacial score (nSPS) is 10.0. The maximum absolute atomic E-state index is 5.25. The molecule has 0 aliphatic heterocycles. The van der Waals surface area contributed by atoms with E-state index in [0.29, 0.717) is 17.4 Å². The minimum absolute atomic E-state index is 0.434. The molecule has 0 heterocycles. The Morgan fingerprint density at radius 2 is 2.21 bits per heavy atom. The van der Waals surface area contributed by atoms with E-state index in [1.807, 2.05) is 12.1 Å². The van der Waals surface area contributed by atoms with E-state index in [2.05, 4.69) is 22.4 Å². The molecule has 19 heavy (non-hydrogen) atoms. The van der Waals surface area contributed by atoms with E-state index in [4.69, 9.17) is 21.7 Å². The summed E-state index contributed by atoms with van der Waals surface area (Å²) in [6.07, 6.45) is 3.34. The van der Waals surface area contributed by atoms with E-state index < -0.39 is 0 Å². The van der Waals surface area contributed by atoms with Crippen molar-refractivity contribution in [3.05, 3.63) is 36.4 Å². The van der Waals surface area contributed by atoms with E-state index in [-0.39, 0.29) is 0 Å².